The van der Waals surface area contributed by atoms with Crippen LogP contribution in [-0.4, -0.2) is 58.0 Å². The molecule has 7 nitrogen and oxygen atoms in total. The molecule has 1 aromatic carbocycles. The van der Waals surface area contributed by atoms with Crippen LogP contribution in [0.15, 0.2) is 29.1 Å². The number of aliphatic hydroxyl groups excluding tert-OH is 1. The molecule has 1 aliphatic heterocycles. The Morgan fingerprint density at radius 3 is 2.64 bits per heavy atom. The Bertz CT molecular complexity index is 759. The van der Waals surface area contributed by atoms with Crippen molar-refractivity contribution in [3.8, 4) is 0 Å². The second-order valence-electron chi connectivity index (χ2n) is 6.72. The molecule has 0 bridgehead atoms. The van der Waals surface area contributed by atoms with Gasteiger partial charge in [0, 0.05) is 13.1 Å². The molecule has 1 saturated heterocycles. The molecule has 0 aliphatic carbocycles. The minimum atomic E-state index is -0.596. The van der Waals surface area contributed by atoms with Gasteiger partial charge in [-0.2, -0.15) is 0 Å². The molecule has 1 atom stereocenters. The number of hydrogen-bond acceptors (Lipinski definition) is 4. The number of benzene rings is 1. The lowest BCUT2D eigenvalue weighted by molar-refractivity contribution is -0.122. The summed E-state index contributed by atoms with van der Waals surface area (Å²) in [5.41, 5.74) is 0.498. The number of aliphatic hydroxyl groups is 1. The van der Waals surface area contributed by atoms with E-state index in [-0.39, 0.29) is 24.6 Å². The van der Waals surface area contributed by atoms with E-state index in [4.69, 9.17) is 0 Å². The predicted molar refractivity (Wildman–Crippen MR) is 96.5 cm³/mol. The van der Waals surface area contributed by atoms with Crippen LogP contribution in [-0.2, 0) is 11.3 Å². The van der Waals surface area contributed by atoms with Gasteiger partial charge in [-0.1, -0.05) is 25.0 Å². The van der Waals surface area contributed by atoms with Crippen LogP contribution in [0.3, 0.4) is 0 Å². The maximum Gasteiger partial charge on any atom is 0.274 e. The molecule has 1 amide bonds. The molecule has 3 rings (SSSR count). The van der Waals surface area contributed by atoms with Gasteiger partial charge in [-0.25, -0.2) is 4.68 Å². The highest BCUT2D eigenvalue weighted by atomic mass is 16.3. The van der Waals surface area contributed by atoms with Gasteiger partial charge in [0.25, 0.3) is 5.56 Å². The summed E-state index contributed by atoms with van der Waals surface area (Å²) in [6.07, 6.45) is 4.25. The van der Waals surface area contributed by atoms with Crippen LogP contribution in [0.25, 0.3) is 10.9 Å². The number of hydrogen-bond donors (Lipinski definition) is 3. The van der Waals surface area contributed by atoms with E-state index in [0.717, 1.165) is 13.1 Å². The van der Waals surface area contributed by atoms with E-state index in [1.807, 2.05) is 6.07 Å². The average molecular weight is 346 g/mol. The van der Waals surface area contributed by atoms with Crippen molar-refractivity contribution in [2.24, 2.45) is 0 Å². The fourth-order valence-corrected chi connectivity index (χ4v) is 3.33. The van der Waals surface area contributed by atoms with Gasteiger partial charge in [-0.15, -0.1) is 0 Å². The number of rotatable bonds is 6. The van der Waals surface area contributed by atoms with E-state index >= 15 is 0 Å². The highest BCUT2D eigenvalue weighted by Crippen LogP contribution is 2.09. The van der Waals surface area contributed by atoms with E-state index in [2.05, 4.69) is 15.3 Å². The minimum Gasteiger partial charge on any atom is -0.390 e. The first-order valence-electron chi connectivity index (χ1n) is 8.98. The number of β-amino-alcohol motifs (C(OH)–C–C–N with tert-alkyl or cyclic N) is 1. The predicted octanol–water partition coefficient (Wildman–Crippen LogP) is 0.683. The maximum absolute atomic E-state index is 12.2. The molecule has 2 heterocycles. The van der Waals surface area contributed by atoms with E-state index in [1.54, 1.807) is 18.2 Å². The molecule has 1 aliphatic rings. The number of carbonyl (C=O) groups is 1. The number of amides is 1. The summed E-state index contributed by atoms with van der Waals surface area (Å²) in [6.45, 7) is 2.71. The van der Waals surface area contributed by atoms with Crippen LogP contribution in [0.5, 0.6) is 0 Å². The Morgan fingerprint density at radius 2 is 1.92 bits per heavy atom. The first-order valence-corrected chi connectivity index (χ1v) is 8.98. The van der Waals surface area contributed by atoms with Gasteiger partial charge in [-0.05, 0) is 38.1 Å². The van der Waals surface area contributed by atoms with Crippen molar-refractivity contribution in [2.45, 2.75) is 38.3 Å². The molecule has 136 valence electrons. The van der Waals surface area contributed by atoms with Crippen LogP contribution < -0.4 is 10.9 Å². The van der Waals surface area contributed by atoms with E-state index in [9.17, 15) is 14.7 Å². The normalized spacial score (nSPS) is 17.3. The quantitative estimate of drug-likeness (QED) is 0.718. The number of aromatic amines is 1. The smallest absolute Gasteiger partial charge is 0.274 e. The standard InChI is InChI=1S/C18H26N4O3/c23-14(12-21-9-5-1-2-6-10-21)11-19-17(24)13-22-18(25)15-7-3-4-8-16(15)20-22/h3-4,7-8,14,20,23H,1-2,5-6,9-13H2,(H,19,24). The molecular weight excluding hydrogens is 320 g/mol. The van der Waals surface area contributed by atoms with Gasteiger partial charge >= 0.3 is 0 Å². The fraction of sp³-hybridized carbons (Fsp3) is 0.556. The molecule has 1 fully saturated rings. The summed E-state index contributed by atoms with van der Waals surface area (Å²) in [6, 6.07) is 7.16. The summed E-state index contributed by atoms with van der Waals surface area (Å²) in [7, 11) is 0. The molecule has 0 saturated carbocycles. The third-order valence-electron chi connectivity index (χ3n) is 4.66. The molecular formula is C18H26N4O3. The molecule has 3 N–H and O–H groups in total. The minimum absolute atomic E-state index is 0.0794. The van der Waals surface area contributed by atoms with Crippen molar-refractivity contribution in [1.29, 1.82) is 0 Å². The molecule has 1 unspecified atom stereocenters. The first kappa shape index (κ1) is 17.7. The van der Waals surface area contributed by atoms with E-state index in [0.29, 0.717) is 17.4 Å². The number of aromatic nitrogens is 2. The van der Waals surface area contributed by atoms with Crippen LogP contribution >= 0.6 is 0 Å². The van der Waals surface area contributed by atoms with Gasteiger partial charge < -0.3 is 15.3 Å². The van der Waals surface area contributed by atoms with Gasteiger partial charge in [0.15, 0.2) is 0 Å². The van der Waals surface area contributed by atoms with Crippen molar-refractivity contribution in [3.63, 3.8) is 0 Å². The number of fused-ring (bicyclic) bond motifs is 1. The third kappa shape index (κ3) is 4.70. The zero-order valence-electron chi connectivity index (χ0n) is 14.4. The Hall–Kier alpha value is -2.12. The van der Waals surface area contributed by atoms with Crippen molar-refractivity contribution in [3.05, 3.63) is 34.6 Å². The molecule has 0 radical (unpaired) electrons. The number of carbonyl (C=O) groups excluding carboxylic acids is 1. The van der Waals surface area contributed by atoms with Crippen molar-refractivity contribution in [1.82, 2.24) is 20.0 Å². The number of nitrogens with zero attached hydrogens (tertiary/aromatic N) is 2. The van der Waals surface area contributed by atoms with Crippen LogP contribution in [0.1, 0.15) is 25.7 Å². The van der Waals surface area contributed by atoms with E-state index in [1.165, 1.54) is 30.4 Å². The van der Waals surface area contributed by atoms with Gasteiger partial charge in [0.1, 0.15) is 6.54 Å². The van der Waals surface area contributed by atoms with Crippen molar-refractivity contribution in [2.75, 3.05) is 26.2 Å². The average Bonchev–Trinajstić information content (AvgIpc) is 2.78. The summed E-state index contributed by atoms with van der Waals surface area (Å²) < 4.78 is 1.29. The highest BCUT2D eigenvalue weighted by Gasteiger charge is 2.15. The Morgan fingerprint density at radius 1 is 1.20 bits per heavy atom. The second kappa shape index (κ2) is 8.31. The zero-order chi connectivity index (χ0) is 17.6. The molecule has 2 aromatic rings. The topological polar surface area (TPSA) is 90.4 Å². The first-order chi connectivity index (χ1) is 12.1. The summed E-state index contributed by atoms with van der Waals surface area (Å²) in [4.78, 5) is 26.5. The zero-order valence-corrected chi connectivity index (χ0v) is 14.4. The Balaban J connectivity index is 1.48. The van der Waals surface area contributed by atoms with Crippen molar-refractivity contribution >= 4 is 16.8 Å². The maximum atomic E-state index is 12.2. The summed E-state index contributed by atoms with van der Waals surface area (Å²) >= 11 is 0. The monoisotopic (exact) mass is 346 g/mol. The van der Waals surface area contributed by atoms with Gasteiger partial charge in [0.05, 0.1) is 17.0 Å². The molecule has 7 heteroatoms. The Kier molecular flexibility index (Phi) is 5.88. The number of H-pyrrole nitrogens is 1. The summed E-state index contributed by atoms with van der Waals surface area (Å²) in [5.74, 6) is -0.288. The number of para-hydroxylation sites is 1. The number of nitrogens with one attached hydrogen (secondary N) is 2. The molecule has 1 aromatic heterocycles. The van der Waals surface area contributed by atoms with Gasteiger partial charge in [0.2, 0.25) is 5.91 Å². The second-order valence-corrected chi connectivity index (χ2v) is 6.72. The van der Waals surface area contributed by atoms with Crippen molar-refractivity contribution < 1.29 is 9.90 Å². The molecule has 25 heavy (non-hydrogen) atoms. The van der Waals surface area contributed by atoms with Crippen LogP contribution in [0.2, 0.25) is 0 Å². The highest BCUT2D eigenvalue weighted by molar-refractivity contribution is 5.79. The lowest BCUT2D eigenvalue weighted by Crippen LogP contribution is -2.42. The van der Waals surface area contributed by atoms with Crippen LogP contribution in [0, 0.1) is 0 Å². The Labute approximate surface area is 146 Å². The number of likely N-dealkylation sites (tertiary alicyclic amines) is 1. The molecule has 0 spiro atoms. The fourth-order valence-electron chi connectivity index (χ4n) is 3.33. The lowest BCUT2D eigenvalue weighted by atomic mass is 10.2. The SMILES string of the molecule is O=C(Cn1[nH]c2ccccc2c1=O)NCC(O)CN1CCCCCC1. The van der Waals surface area contributed by atoms with E-state index < -0.39 is 6.10 Å². The van der Waals surface area contributed by atoms with Gasteiger partial charge in [-0.3, -0.25) is 14.7 Å². The summed E-state index contributed by atoms with van der Waals surface area (Å²) in [5, 5.41) is 16.4. The third-order valence-corrected chi connectivity index (χ3v) is 4.66. The van der Waals surface area contributed by atoms with Crippen LogP contribution in [0.4, 0.5) is 0 Å². The largest absolute Gasteiger partial charge is 0.390 e. The lowest BCUT2D eigenvalue weighted by Gasteiger charge is -2.23.